The van der Waals surface area contributed by atoms with Gasteiger partial charge in [-0.05, 0) is 49.1 Å². The molecule has 0 saturated heterocycles. The van der Waals surface area contributed by atoms with Crippen molar-refractivity contribution in [3.8, 4) is 11.3 Å². The first-order valence-electron chi connectivity index (χ1n) is 10.9. The minimum Gasteiger partial charge on any atom is -0.465 e. The molecule has 0 bridgehead atoms. The molecule has 5 rings (SSSR count). The predicted octanol–water partition coefficient (Wildman–Crippen LogP) is 5.26. The maximum absolute atomic E-state index is 14.2. The second kappa shape index (κ2) is 9.32. The Morgan fingerprint density at radius 1 is 1.11 bits per heavy atom. The number of nitrogens with one attached hydrogen (secondary N) is 1. The lowest BCUT2D eigenvalue weighted by molar-refractivity contribution is -0.137. The van der Waals surface area contributed by atoms with Gasteiger partial charge in [0.1, 0.15) is 0 Å². The highest BCUT2D eigenvalue weighted by molar-refractivity contribution is 7.92. The monoisotopic (exact) mass is 544 g/mol. The lowest BCUT2D eigenvalue weighted by Gasteiger charge is -2.37. The molecule has 198 valence electrons. The molecule has 14 heteroatoms. The topological polar surface area (TPSA) is 107 Å². The van der Waals surface area contributed by atoms with Crippen molar-refractivity contribution in [1.29, 1.82) is 0 Å². The second-order valence-electron chi connectivity index (χ2n) is 8.77. The van der Waals surface area contributed by atoms with Gasteiger partial charge in [-0.3, -0.25) is 9.40 Å². The van der Waals surface area contributed by atoms with Crippen molar-refractivity contribution >= 4 is 21.8 Å². The van der Waals surface area contributed by atoms with Crippen molar-refractivity contribution in [3.05, 3.63) is 65.4 Å². The van der Waals surface area contributed by atoms with E-state index in [2.05, 4.69) is 10.2 Å². The number of benzene rings is 2. The number of carboxylic acid groups (broad SMARTS) is 1. The summed E-state index contributed by atoms with van der Waals surface area (Å²) in [6, 6.07) is 4.04. The normalized spacial score (nSPS) is 16.8. The molecule has 1 aliphatic carbocycles. The molecule has 3 aromatic rings. The Hall–Kier alpha value is -3.68. The van der Waals surface area contributed by atoms with Gasteiger partial charge in [0.2, 0.25) is 0 Å². The fraction of sp³-hybridized carbons (Fsp3) is 0.304. The number of halogens is 5. The van der Waals surface area contributed by atoms with E-state index >= 15 is 0 Å². The number of aromatic nitrogens is 2. The van der Waals surface area contributed by atoms with Crippen LogP contribution in [0.25, 0.3) is 11.3 Å². The highest BCUT2D eigenvalue weighted by Crippen LogP contribution is 2.55. The average molecular weight is 545 g/mol. The summed E-state index contributed by atoms with van der Waals surface area (Å²) in [5, 5.41) is 14.6. The van der Waals surface area contributed by atoms with Crippen LogP contribution >= 0.6 is 0 Å². The Labute approximate surface area is 208 Å². The molecular weight excluding hydrogens is 523 g/mol. The molecule has 0 spiro atoms. The van der Waals surface area contributed by atoms with Crippen molar-refractivity contribution in [2.45, 2.75) is 30.0 Å². The molecule has 1 unspecified atom stereocenters. The summed E-state index contributed by atoms with van der Waals surface area (Å²) in [6.45, 7) is 0. The highest BCUT2D eigenvalue weighted by Gasteiger charge is 2.47. The SMILES string of the molecule is CN(C)C(=O)O.O=S(=O)(c1ccc(C(F)(F)F)cc1)N1c2cc(F)c(F)cc2-c2[nH]ncc2C1C1CC1. The minimum atomic E-state index is -4.62. The van der Waals surface area contributed by atoms with Gasteiger partial charge < -0.3 is 10.0 Å². The van der Waals surface area contributed by atoms with E-state index in [9.17, 15) is 35.2 Å². The second-order valence-corrected chi connectivity index (χ2v) is 10.6. The summed E-state index contributed by atoms with van der Waals surface area (Å²) in [7, 11) is -1.46. The number of nitrogens with zero attached hydrogens (tertiary/aromatic N) is 3. The van der Waals surface area contributed by atoms with Gasteiger partial charge in [-0.15, -0.1) is 0 Å². The largest absolute Gasteiger partial charge is 0.465 e. The third-order valence-corrected chi connectivity index (χ3v) is 7.78. The number of aromatic amines is 1. The Morgan fingerprint density at radius 3 is 2.19 bits per heavy atom. The van der Waals surface area contributed by atoms with Crippen LogP contribution in [-0.2, 0) is 16.2 Å². The number of amides is 1. The molecule has 2 aromatic carbocycles. The Kier molecular flexibility index (Phi) is 6.65. The van der Waals surface area contributed by atoms with Crippen LogP contribution in [0, 0.1) is 17.6 Å². The molecule has 0 radical (unpaired) electrons. The van der Waals surface area contributed by atoms with E-state index in [0.717, 1.165) is 33.5 Å². The zero-order valence-electron chi connectivity index (χ0n) is 19.4. The Balaban J connectivity index is 0.000000480. The molecule has 2 aliphatic rings. The zero-order valence-corrected chi connectivity index (χ0v) is 20.2. The first-order valence-corrected chi connectivity index (χ1v) is 12.3. The first-order chi connectivity index (χ1) is 17.2. The van der Waals surface area contributed by atoms with Crippen molar-refractivity contribution in [2.75, 3.05) is 18.4 Å². The Morgan fingerprint density at radius 2 is 1.68 bits per heavy atom. The predicted molar refractivity (Wildman–Crippen MR) is 122 cm³/mol. The van der Waals surface area contributed by atoms with Crippen molar-refractivity contribution < 1.29 is 40.3 Å². The van der Waals surface area contributed by atoms with E-state index in [0.29, 0.717) is 36.2 Å². The molecule has 2 heterocycles. The van der Waals surface area contributed by atoms with Crippen LogP contribution in [0.15, 0.2) is 47.5 Å². The van der Waals surface area contributed by atoms with Crippen molar-refractivity contribution in [2.24, 2.45) is 5.92 Å². The van der Waals surface area contributed by atoms with Gasteiger partial charge in [0.15, 0.2) is 11.6 Å². The van der Waals surface area contributed by atoms with Crippen LogP contribution in [0.3, 0.4) is 0 Å². The fourth-order valence-corrected chi connectivity index (χ4v) is 5.70. The minimum absolute atomic E-state index is 0.0816. The molecule has 1 fully saturated rings. The summed E-state index contributed by atoms with van der Waals surface area (Å²) < 4.78 is 95.0. The molecule has 1 aromatic heterocycles. The molecule has 37 heavy (non-hydrogen) atoms. The highest BCUT2D eigenvalue weighted by atomic mass is 32.2. The van der Waals surface area contributed by atoms with Crippen LogP contribution in [0.2, 0.25) is 0 Å². The van der Waals surface area contributed by atoms with Gasteiger partial charge in [-0.1, -0.05) is 0 Å². The van der Waals surface area contributed by atoms with E-state index in [1.165, 1.54) is 20.3 Å². The molecule has 1 aliphatic heterocycles. The van der Waals surface area contributed by atoms with Gasteiger partial charge in [-0.2, -0.15) is 18.3 Å². The van der Waals surface area contributed by atoms with Gasteiger partial charge in [0, 0.05) is 31.3 Å². The molecule has 1 atom stereocenters. The maximum atomic E-state index is 14.2. The van der Waals surface area contributed by atoms with E-state index in [4.69, 9.17) is 5.11 Å². The number of sulfonamides is 1. The number of carbonyl (C=O) groups is 1. The quantitative estimate of drug-likeness (QED) is 0.438. The van der Waals surface area contributed by atoms with Crippen LogP contribution in [0.1, 0.15) is 30.0 Å². The van der Waals surface area contributed by atoms with E-state index < -0.39 is 45.5 Å². The van der Waals surface area contributed by atoms with Crippen LogP contribution < -0.4 is 4.31 Å². The van der Waals surface area contributed by atoms with E-state index in [-0.39, 0.29) is 22.1 Å². The molecule has 2 N–H and O–H groups in total. The summed E-state index contributed by atoms with van der Waals surface area (Å²) in [6.07, 6.45) is -2.66. The van der Waals surface area contributed by atoms with Crippen molar-refractivity contribution in [1.82, 2.24) is 15.1 Å². The van der Waals surface area contributed by atoms with E-state index in [1.807, 2.05) is 0 Å². The standard InChI is InChI=1S/C20H14F5N3O2S.C3H7NO2/c21-15-7-13-17(8-16(15)22)28(19(10-1-2-10)14-9-26-27-18(13)14)31(29,30)12-5-3-11(4-6-12)20(23,24)25;1-4(2)3(5)6/h3-10,19H,1-2H2,(H,26,27);1-2H3,(H,5,6). The molecule has 1 amide bonds. The summed E-state index contributed by atoms with van der Waals surface area (Å²) in [5.74, 6) is -2.47. The average Bonchev–Trinajstić information content (AvgIpc) is 3.54. The van der Waals surface area contributed by atoms with Crippen LogP contribution in [-0.4, -0.2) is 48.8 Å². The molecule has 8 nitrogen and oxygen atoms in total. The van der Waals surface area contributed by atoms with E-state index in [1.54, 1.807) is 0 Å². The van der Waals surface area contributed by atoms with Gasteiger partial charge in [-0.25, -0.2) is 22.0 Å². The van der Waals surface area contributed by atoms with Crippen LogP contribution in [0.4, 0.5) is 32.4 Å². The summed E-state index contributed by atoms with van der Waals surface area (Å²) >= 11 is 0. The Bertz CT molecular complexity index is 1430. The van der Waals surface area contributed by atoms with Gasteiger partial charge in [0.05, 0.1) is 34.1 Å². The molecular formula is C23H21F5N4O4S. The first kappa shape index (κ1) is 26.4. The van der Waals surface area contributed by atoms with Crippen molar-refractivity contribution in [3.63, 3.8) is 0 Å². The fourth-order valence-electron chi connectivity index (χ4n) is 4.00. The number of fused-ring (bicyclic) bond motifs is 3. The van der Waals surface area contributed by atoms with Gasteiger partial charge >= 0.3 is 12.3 Å². The maximum Gasteiger partial charge on any atom is 0.416 e. The number of anilines is 1. The lowest BCUT2D eigenvalue weighted by atomic mass is 9.93. The summed E-state index contributed by atoms with van der Waals surface area (Å²) in [4.78, 5) is 10.3. The molecule has 1 saturated carbocycles. The smallest absolute Gasteiger partial charge is 0.416 e. The number of alkyl halides is 3. The number of H-pyrrole nitrogens is 1. The number of rotatable bonds is 3. The number of hydrogen-bond donors (Lipinski definition) is 2. The number of hydrogen-bond acceptors (Lipinski definition) is 4. The third-order valence-electron chi connectivity index (χ3n) is 5.97. The summed E-state index contributed by atoms with van der Waals surface area (Å²) in [5.41, 5.74) is -0.0677. The van der Waals surface area contributed by atoms with Crippen LogP contribution in [0.5, 0.6) is 0 Å². The lowest BCUT2D eigenvalue weighted by Crippen LogP contribution is -2.38. The van der Waals surface area contributed by atoms with Gasteiger partial charge in [0.25, 0.3) is 10.0 Å². The zero-order chi connectivity index (χ0) is 27.3. The third kappa shape index (κ3) is 4.97.